The van der Waals surface area contributed by atoms with Crippen LogP contribution in [0.15, 0.2) is 36.7 Å². The van der Waals surface area contributed by atoms with Crippen LogP contribution in [0.2, 0.25) is 0 Å². The lowest BCUT2D eigenvalue weighted by Gasteiger charge is -2.24. The van der Waals surface area contributed by atoms with E-state index in [-0.39, 0.29) is 17.7 Å². The second-order valence-electron chi connectivity index (χ2n) is 6.96. The van der Waals surface area contributed by atoms with Crippen molar-refractivity contribution in [2.45, 2.75) is 25.7 Å². The van der Waals surface area contributed by atoms with Gasteiger partial charge in [0.15, 0.2) is 0 Å². The third-order valence-electron chi connectivity index (χ3n) is 4.96. The van der Waals surface area contributed by atoms with Crippen LogP contribution in [0.3, 0.4) is 0 Å². The average Bonchev–Trinajstić information content (AvgIpc) is 3.22. The number of nitrogens with zero attached hydrogens (tertiary/aromatic N) is 3. The zero-order chi connectivity index (χ0) is 17.3. The molecule has 2 atom stereocenters. The quantitative estimate of drug-likeness (QED) is 0.939. The maximum atomic E-state index is 13.0. The summed E-state index contributed by atoms with van der Waals surface area (Å²) in [6.07, 6.45) is 3.88. The lowest BCUT2D eigenvalue weighted by molar-refractivity contribution is -0.121. The number of aromatic nitrogens is 2. The Bertz CT molecular complexity index is 704. The number of hydrogen-bond acceptors (Lipinski definition) is 3. The van der Waals surface area contributed by atoms with E-state index in [2.05, 4.69) is 36.4 Å². The maximum Gasteiger partial charge on any atom is 0.231 e. The summed E-state index contributed by atoms with van der Waals surface area (Å²) in [5.74, 6) is 0.785. The number of aryl methyl sites for hydroxylation is 1. The first-order chi connectivity index (χ1) is 11.5. The van der Waals surface area contributed by atoms with Gasteiger partial charge in [-0.2, -0.15) is 5.10 Å². The van der Waals surface area contributed by atoms with Crippen LogP contribution < -0.4 is 10.2 Å². The summed E-state index contributed by atoms with van der Waals surface area (Å²) in [5.41, 5.74) is 3.36. The van der Waals surface area contributed by atoms with Crippen molar-refractivity contribution >= 4 is 11.6 Å². The molecule has 1 aliphatic rings. The summed E-state index contributed by atoms with van der Waals surface area (Å²) in [4.78, 5) is 14.8. The topological polar surface area (TPSA) is 50.2 Å². The van der Waals surface area contributed by atoms with E-state index in [9.17, 15) is 4.79 Å². The lowest BCUT2D eigenvalue weighted by Crippen LogP contribution is -2.36. The van der Waals surface area contributed by atoms with E-state index in [1.165, 1.54) is 5.56 Å². The Hall–Kier alpha value is -2.14. The fourth-order valence-corrected chi connectivity index (χ4v) is 3.38. The zero-order valence-electron chi connectivity index (χ0n) is 14.9. The molecule has 2 heterocycles. The fraction of sp³-hybridized carbons (Fsp3) is 0.474. The van der Waals surface area contributed by atoms with Gasteiger partial charge in [-0.25, -0.2) is 0 Å². The SMILES string of the molecule is CC(C)c1ccc(N(C)C(=O)[C@H]2CNC[C@@H]2c2cnn(C)c2)cc1. The number of rotatable bonds is 4. The molecule has 1 aliphatic heterocycles. The number of anilines is 1. The number of carbonyl (C=O) groups excluding carboxylic acids is 1. The van der Waals surface area contributed by atoms with Gasteiger partial charge in [-0.1, -0.05) is 26.0 Å². The Morgan fingerprint density at radius 3 is 2.58 bits per heavy atom. The van der Waals surface area contributed by atoms with Crippen LogP contribution in [-0.2, 0) is 11.8 Å². The minimum absolute atomic E-state index is 0.0519. The van der Waals surface area contributed by atoms with Gasteiger partial charge < -0.3 is 10.2 Å². The van der Waals surface area contributed by atoms with Gasteiger partial charge in [0.1, 0.15) is 0 Å². The Kier molecular flexibility index (Phi) is 4.71. The molecule has 0 unspecified atom stereocenters. The third-order valence-corrected chi connectivity index (χ3v) is 4.96. The highest BCUT2D eigenvalue weighted by molar-refractivity contribution is 5.95. The van der Waals surface area contributed by atoms with Crippen molar-refractivity contribution in [2.24, 2.45) is 13.0 Å². The molecule has 0 radical (unpaired) electrons. The van der Waals surface area contributed by atoms with Crippen molar-refractivity contribution in [3.63, 3.8) is 0 Å². The molecule has 2 aromatic rings. The normalized spacial score (nSPS) is 20.5. The van der Waals surface area contributed by atoms with Crippen LogP contribution in [0.4, 0.5) is 5.69 Å². The number of hydrogen-bond donors (Lipinski definition) is 1. The van der Waals surface area contributed by atoms with Crippen molar-refractivity contribution < 1.29 is 4.79 Å². The van der Waals surface area contributed by atoms with Crippen molar-refractivity contribution in [3.8, 4) is 0 Å². The van der Waals surface area contributed by atoms with Gasteiger partial charge in [-0.05, 0) is 29.2 Å². The molecule has 0 aliphatic carbocycles. The summed E-state index contributed by atoms with van der Waals surface area (Å²) >= 11 is 0. The molecule has 0 spiro atoms. The number of nitrogens with one attached hydrogen (secondary N) is 1. The summed E-state index contributed by atoms with van der Waals surface area (Å²) in [6, 6.07) is 8.29. The van der Waals surface area contributed by atoms with Gasteiger partial charge >= 0.3 is 0 Å². The molecule has 5 nitrogen and oxygen atoms in total. The minimum atomic E-state index is -0.0519. The monoisotopic (exact) mass is 326 g/mol. The highest BCUT2D eigenvalue weighted by atomic mass is 16.2. The van der Waals surface area contributed by atoms with Crippen LogP contribution in [0.25, 0.3) is 0 Å². The van der Waals surface area contributed by atoms with Crippen LogP contribution >= 0.6 is 0 Å². The van der Waals surface area contributed by atoms with Crippen molar-refractivity contribution in [2.75, 3.05) is 25.0 Å². The van der Waals surface area contributed by atoms with Gasteiger partial charge in [-0.15, -0.1) is 0 Å². The Morgan fingerprint density at radius 2 is 2.00 bits per heavy atom. The summed E-state index contributed by atoms with van der Waals surface area (Å²) in [5, 5.41) is 7.61. The standard InChI is InChI=1S/C19H26N4O/c1-13(2)14-5-7-16(8-6-14)23(4)19(24)18-11-20-10-17(18)15-9-21-22(3)12-15/h5-9,12-13,17-18,20H,10-11H2,1-4H3/t17-,18+/m1/s1. The van der Waals surface area contributed by atoms with Crippen molar-refractivity contribution in [1.29, 1.82) is 0 Å². The van der Waals surface area contributed by atoms with Gasteiger partial charge in [0.05, 0.1) is 12.1 Å². The molecule has 0 saturated carbocycles. The largest absolute Gasteiger partial charge is 0.315 e. The fourth-order valence-electron chi connectivity index (χ4n) is 3.38. The first-order valence-corrected chi connectivity index (χ1v) is 8.54. The molecule has 1 fully saturated rings. The molecule has 1 saturated heterocycles. The van der Waals surface area contributed by atoms with Gasteiger partial charge in [0.25, 0.3) is 0 Å². The second-order valence-corrected chi connectivity index (χ2v) is 6.96. The van der Waals surface area contributed by atoms with E-state index < -0.39 is 0 Å². The molecule has 5 heteroatoms. The average molecular weight is 326 g/mol. The molecule has 3 rings (SSSR count). The molecule has 24 heavy (non-hydrogen) atoms. The molecule has 1 aromatic heterocycles. The summed E-state index contributed by atoms with van der Waals surface area (Å²) in [6.45, 7) is 5.88. The van der Waals surface area contributed by atoms with E-state index >= 15 is 0 Å². The highest BCUT2D eigenvalue weighted by Crippen LogP contribution is 2.30. The summed E-state index contributed by atoms with van der Waals surface area (Å²) < 4.78 is 1.80. The van der Waals surface area contributed by atoms with E-state index in [0.29, 0.717) is 12.5 Å². The molecule has 1 aromatic carbocycles. The maximum absolute atomic E-state index is 13.0. The number of benzene rings is 1. The molecular weight excluding hydrogens is 300 g/mol. The summed E-state index contributed by atoms with van der Waals surface area (Å²) in [7, 11) is 3.77. The highest BCUT2D eigenvalue weighted by Gasteiger charge is 2.36. The Morgan fingerprint density at radius 1 is 1.29 bits per heavy atom. The number of carbonyl (C=O) groups is 1. The van der Waals surface area contributed by atoms with E-state index in [0.717, 1.165) is 17.8 Å². The predicted octanol–water partition coefficient (Wildman–Crippen LogP) is 2.51. The Labute approximate surface area is 143 Å². The minimum Gasteiger partial charge on any atom is -0.315 e. The second kappa shape index (κ2) is 6.77. The Balaban J connectivity index is 1.77. The van der Waals surface area contributed by atoms with Crippen molar-refractivity contribution in [3.05, 3.63) is 47.8 Å². The van der Waals surface area contributed by atoms with Crippen LogP contribution in [0.5, 0.6) is 0 Å². The van der Waals surface area contributed by atoms with Gasteiger partial charge in [-0.3, -0.25) is 9.48 Å². The molecule has 1 N–H and O–H groups in total. The first-order valence-electron chi connectivity index (χ1n) is 8.54. The van der Waals surface area contributed by atoms with E-state index in [1.807, 2.05) is 38.6 Å². The third kappa shape index (κ3) is 3.22. The zero-order valence-corrected chi connectivity index (χ0v) is 14.9. The predicted molar refractivity (Wildman–Crippen MR) is 96.2 cm³/mol. The molecule has 0 bridgehead atoms. The van der Waals surface area contributed by atoms with Crippen LogP contribution in [0, 0.1) is 5.92 Å². The van der Waals surface area contributed by atoms with Crippen LogP contribution in [0.1, 0.15) is 36.8 Å². The molecular formula is C19H26N4O. The van der Waals surface area contributed by atoms with Gasteiger partial charge in [0, 0.05) is 45.0 Å². The molecule has 1 amide bonds. The smallest absolute Gasteiger partial charge is 0.231 e. The lowest BCUT2D eigenvalue weighted by atomic mass is 9.89. The van der Waals surface area contributed by atoms with E-state index in [1.54, 1.807) is 9.58 Å². The van der Waals surface area contributed by atoms with Gasteiger partial charge in [0.2, 0.25) is 5.91 Å². The van der Waals surface area contributed by atoms with Crippen molar-refractivity contribution in [1.82, 2.24) is 15.1 Å². The van der Waals surface area contributed by atoms with Crippen LogP contribution in [-0.4, -0.2) is 35.8 Å². The first kappa shape index (κ1) is 16.7. The molecule has 128 valence electrons. The number of amides is 1. The van der Waals surface area contributed by atoms with E-state index in [4.69, 9.17) is 0 Å².